The lowest BCUT2D eigenvalue weighted by atomic mass is 10.00. The van der Waals surface area contributed by atoms with Gasteiger partial charge in [-0.1, -0.05) is 24.3 Å². The lowest BCUT2D eigenvalue weighted by Crippen LogP contribution is -2.34. The molecule has 0 atom stereocenters. The summed E-state index contributed by atoms with van der Waals surface area (Å²) >= 11 is 0. The number of amides is 1. The van der Waals surface area contributed by atoms with Crippen molar-refractivity contribution in [3.05, 3.63) is 58.4 Å². The van der Waals surface area contributed by atoms with Crippen LogP contribution in [0.25, 0.3) is 0 Å². The van der Waals surface area contributed by atoms with E-state index < -0.39 is 5.97 Å². The maximum absolute atomic E-state index is 12.2. The van der Waals surface area contributed by atoms with Crippen LogP contribution in [0.1, 0.15) is 39.2 Å². The maximum Gasteiger partial charge on any atom is 0.337 e. The molecule has 1 aromatic carbocycles. The smallest absolute Gasteiger partial charge is 0.337 e. The predicted octanol–water partition coefficient (Wildman–Crippen LogP) is 2.14. The van der Waals surface area contributed by atoms with Gasteiger partial charge < -0.3 is 15.0 Å². The Bertz CT molecular complexity index is 841. The van der Waals surface area contributed by atoms with Gasteiger partial charge in [0.15, 0.2) is 0 Å². The number of nitrogens with one attached hydrogen (secondary N) is 1. The van der Waals surface area contributed by atoms with E-state index in [2.05, 4.69) is 34.5 Å². The predicted molar refractivity (Wildman–Crippen MR) is 104 cm³/mol. The molecule has 0 saturated heterocycles. The van der Waals surface area contributed by atoms with Gasteiger partial charge in [0.1, 0.15) is 0 Å². The molecule has 0 spiro atoms. The molecule has 0 aliphatic carbocycles. The van der Waals surface area contributed by atoms with Gasteiger partial charge in [-0.3, -0.25) is 9.69 Å². The molecule has 2 aromatic rings. The molecule has 0 fully saturated rings. The van der Waals surface area contributed by atoms with Crippen LogP contribution in [0.4, 0.5) is 0 Å². The van der Waals surface area contributed by atoms with Gasteiger partial charge in [-0.05, 0) is 36.5 Å². The normalized spacial score (nSPS) is 14.0. The Morgan fingerprint density at radius 3 is 2.70 bits per heavy atom. The third-order valence-corrected chi connectivity index (χ3v) is 5.22. The van der Waals surface area contributed by atoms with Gasteiger partial charge in [0.25, 0.3) is 0 Å². The number of hydrogen-bond donors (Lipinski definition) is 2. The Hall–Kier alpha value is -2.60. The van der Waals surface area contributed by atoms with Crippen LogP contribution in [0.15, 0.2) is 30.5 Å². The molecule has 27 heavy (non-hydrogen) atoms. The molecule has 0 unspecified atom stereocenters. The van der Waals surface area contributed by atoms with E-state index in [9.17, 15) is 14.7 Å². The Morgan fingerprint density at radius 1 is 1.22 bits per heavy atom. The highest BCUT2D eigenvalue weighted by molar-refractivity contribution is 5.93. The monoisotopic (exact) mass is 369 g/mol. The van der Waals surface area contributed by atoms with Crippen molar-refractivity contribution in [1.29, 1.82) is 0 Å². The lowest BCUT2D eigenvalue weighted by molar-refractivity contribution is -0.120. The van der Waals surface area contributed by atoms with Gasteiger partial charge in [-0.25, -0.2) is 4.79 Å². The molecule has 1 amide bonds. The summed E-state index contributed by atoms with van der Waals surface area (Å²) in [6.07, 6.45) is 3.79. The first-order valence-corrected chi connectivity index (χ1v) is 9.39. The summed E-state index contributed by atoms with van der Waals surface area (Å²) in [5.74, 6) is -1.12. The average Bonchev–Trinajstić information content (AvgIpc) is 2.92. The molecule has 2 N–H and O–H groups in total. The number of benzene rings is 1. The maximum atomic E-state index is 12.2. The highest BCUT2D eigenvalue weighted by atomic mass is 16.4. The summed E-state index contributed by atoms with van der Waals surface area (Å²) in [6.45, 7) is 5.31. The molecule has 0 radical (unpaired) electrons. The number of aromatic carboxylic acids is 1. The minimum atomic E-state index is -0.985. The summed E-state index contributed by atoms with van der Waals surface area (Å²) < 4.78 is 1.73. The number of carboxylic acids is 1. The first-order valence-electron chi connectivity index (χ1n) is 9.39. The molecule has 0 bridgehead atoms. The number of fused-ring (bicyclic) bond motifs is 1. The lowest BCUT2D eigenvalue weighted by Gasteiger charge is -2.28. The summed E-state index contributed by atoms with van der Waals surface area (Å²) in [4.78, 5) is 26.1. The van der Waals surface area contributed by atoms with E-state index in [-0.39, 0.29) is 17.9 Å². The second kappa shape index (κ2) is 8.39. The number of aryl methyl sites for hydroxylation is 2. The molecular weight excluding hydrogens is 342 g/mol. The molecule has 1 aliphatic rings. The number of hydrogen-bond acceptors (Lipinski definition) is 3. The van der Waals surface area contributed by atoms with E-state index in [1.165, 1.54) is 11.1 Å². The largest absolute Gasteiger partial charge is 0.478 e. The minimum absolute atomic E-state index is 0.0864. The van der Waals surface area contributed by atoms with E-state index in [0.29, 0.717) is 17.8 Å². The zero-order valence-corrected chi connectivity index (χ0v) is 16.0. The van der Waals surface area contributed by atoms with Crippen LogP contribution < -0.4 is 5.32 Å². The standard InChI is InChI=1S/C21H27N3O3/c1-15-13-23(2)18(20(15)21(26)27)12-19(25)22-9-5-10-24-11-8-16-6-3-4-7-17(16)14-24/h3-4,6-7,13H,5,8-12,14H2,1-2H3,(H,22,25)(H,26,27). The molecule has 1 aromatic heterocycles. The van der Waals surface area contributed by atoms with Crippen LogP contribution in [0.5, 0.6) is 0 Å². The topological polar surface area (TPSA) is 74.6 Å². The highest BCUT2D eigenvalue weighted by Crippen LogP contribution is 2.18. The van der Waals surface area contributed by atoms with Crippen molar-refractivity contribution in [2.75, 3.05) is 19.6 Å². The van der Waals surface area contributed by atoms with Crippen molar-refractivity contribution >= 4 is 11.9 Å². The van der Waals surface area contributed by atoms with Crippen LogP contribution >= 0.6 is 0 Å². The van der Waals surface area contributed by atoms with E-state index in [1.54, 1.807) is 24.7 Å². The number of nitrogens with zero attached hydrogens (tertiary/aromatic N) is 2. The first-order chi connectivity index (χ1) is 13.0. The Labute approximate surface area is 159 Å². The molecular formula is C21H27N3O3. The third kappa shape index (κ3) is 4.57. The first kappa shape index (κ1) is 19.2. The zero-order valence-electron chi connectivity index (χ0n) is 16.0. The number of aromatic nitrogens is 1. The van der Waals surface area contributed by atoms with E-state index >= 15 is 0 Å². The fraction of sp³-hybridized carbons (Fsp3) is 0.429. The SMILES string of the molecule is Cc1cn(C)c(CC(=O)NCCCN2CCc3ccccc3C2)c1C(=O)O. The van der Waals surface area contributed by atoms with Crippen molar-refractivity contribution in [3.63, 3.8) is 0 Å². The highest BCUT2D eigenvalue weighted by Gasteiger charge is 2.20. The Kier molecular flexibility index (Phi) is 5.96. The fourth-order valence-electron chi connectivity index (χ4n) is 3.83. The summed E-state index contributed by atoms with van der Waals surface area (Å²) in [6, 6.07) is 8.56. The molecule has 2 heterocycles. The van der Waals surface area contributed by atoms with Crippen LogP contribution in [0.3, 0.4) is 0 Å². The molecule has 144 valence electrons. The van der Waals surface area contributed by atoms with Crippen molar-refractivity contribution in [1.82, 2.24) is 14.8 Å². The van der Waals surface area contributed by atoms with Crippen molar-refractivity contribution in [3.8, 4) is 0 Å². The molecule has 6 nitrogen and oxygen atoms in total. The fourth-order valence-corrected chi connectivity index (χ4v) is 3.83. The van der Waals surface area contributed by atoms with Crippen LogP contribution in [0.2, 0.25) is 0 Å². The van der Waals surface area contributed by atoms with Crippen molar-refractivity contribution in [2.45, 2.75) is 32.7 Å². The average molecular weight is 369 g/mol. The molecule has 0 saturated carbocycles. The molecule has 6 heteroatoms. The van der Waals surface area contributed by atoms with Crippen molar-refractivity contribution in [2.24, 2.45) is 7.05 Å². The summed E-state index contributed by atoms with van der Waals surface area (Å²) in [5.41, 5.74) is 4.30. The van der Waals surface area contributed by atoms with Gasteiger partial charge >= 0.3 is 5.97 Å². The number of carbonyl (C=O) groups is 2. The second-order valence-electron chi connectivity index (χ2n) is 7.23. The number of carboxylic acid groups (broad SMARTS) is 1. The van der Waals surface area contributed by atoms with E-state index in [1.807, 2.05) is 0 Å². The zero-order chi connectivity index (χ0) is 19.4. The van der Waals surface area contributed by atoms with Crippen molar-refractivity contribution < 1.29 is 14.7 Å². The van der Waals surface area contributed by atoms with Gasteiger partial charge in [-0.2, -0.15) is 0 Å². The summed E-state index contributed by atoms with van der Waals surface area (Å²) in [7, 11) is 1.77. The molecule has 1 aliphatic heterocycles. The van der Waals surface area contributed by atoms with Gasteiger partial charge in [0, 0.05) is 45.1 Å². The quantitative estimate of drug-likeness (QED) is 0.734. The van der Waals surface area contributed by atoms with E-state index in [0.717, 1.165) is 32.5 Å². The second-order valence-corrected chi connectivity index (χ2v) is 7.23. The Morgan fingerprint density at radius 2 is 1.96 bits per heavy atom. The Balaban J connectivity index is 1.44. The van der Waals surface area contributed by atoms with Gasteiger partial charge in [0.2, 0.25) is 5.91 Å². The van der Waals surface area contributed by atoms with E-state index in [4.69, 9.17) is 0 Å². The van der Waals surface area contributed by atoms with Crippen LogP contribution in [-0.4, -0.2) is 46.1 Å². The third-order valence-electron chi connectivity index (χ3n) is 5.22. The number of rotatable bonds is 7. The van der Waals surface area contributed by atoms with Crippen LogP contribution in [-0.2, 0) is 31.2 Å². The minimum Gasteiger partial charge on any atom is -0.478 e. The molecule has 3 rings (SSSR count). The van der Waals surface area contributed by atoms with Gasteiger partial charge in [-0.15, -0.1) is 0 Å². The summed E-state index contributed by atoms with van der Waals surface area (Å²) in [5, 5.41) is 12.3. The number of carbonyl (C=O) groups excluding carboxylic acids is 1. The van der Waals surface area contributed by atoms with Gasteiger partial charge in [0.05, 0.1) is 12.0 Å². The van der Waals surface area contributed by atoms with Crippen LogP contribution in [0, 0.1) is 6.92 Å².